The molecule has 0 saturated carbocycles. The Morgan fingerprint density at radius 2 is 1.90 bits per heavy atom. The molecule has 0 spiro atoms. The largest absolute Gasteiger partial charge is 0.383 e. The third-order valence-corrected chi connectivity index (χ3v) is 4.37. The van der Waals surface area contributed by atoms with Crippen molar-refractivity contribution in [1.29, 1.82) is 0 Å². The van der Waals surface area contributed by atoms with Crippen LogP contribution in [0.5, 0.6) is 0 Å². The lowest BCUT2D eigenvalue weighted by Gasteiger charge is -2.24. The third-order valence-electron chi connectivity index (χ3n) is 2.81. The van der Waals surface area contributed by atoms with Crippen LogP contribution in [0.1, 0.15) is 6.92 Å². The molecule has 0 bridgehead atoms. The van der Waals surface area contributed by atoms with Crippen molar-refractivity contribution in [1.82, 2.24) is 4.72 Å². The number of nitrogens with zero attached hydrogens (tertiary/aromatic N) is 1. The van der Waals surface area contributed by atoms with Gasteiger partial charge in [-0.1, -0.05) is 6.92 Å². The molecular formula is C13H23N3O3S. The van der Waals surface area contributed by atoms with Crippen LogP contribution in [-0.4, -0.2) is 48.3 Å². The van der Waals surface area contributed by atoms with E-state index in [2.05, 4.69) is 9.62 Å². The van der Waals surface area contributed by atoms with E-state index in [-0.39, 0.29) is 4.90 Å². The average Bonchev–Trinajstić information content (AvgIpc) is 2.43. The van der Waals surface area contributed by atoms with E-state index in [9.17, 15) is 8.42 Å². The number of benzene rings is 1. The maximum atomic E-state index is 11.8. The van der Waals surface area contributed by atoms with Gasteiger partial charge in [0, 0.05) is 39.0 Å². The van der Waals surface area contributed by atoms with Crippen molar-refractivity contribution >= 4 is 15.7 Å². The molecule has 1 aromatic carbocycles. The highest BCUT2D eigenvalue weighted by Gasteiger charge is 2.13. The number of methoxy groups -OCH3 is 1. The fourth-order valence-electron chi connectivity index (χ4n) is 1.84. The van der Waals surface area contributed by atoms with Gasteiger partial charge in [-0.05, 0) is 24.3 Å². The molecule has 0 radical (unpaired) electrons. The topological polar surface area (TPSA) is 84.7 Å². The zero-order valence-corrected chi connectivity index (χ0v) is 12.8. The summed E-state index contributed by atoms with van der Waals surface area (Å²) < 4.78 is 31.2. The van der Waals surface area contributed by atoms with Crippen LogP contribution in [0.4, 0.5) is 5.69 Å². The van der Waals surface area contributed by atoms with Gasteiger partial charge in [0.1, 0.15) is 0 Å². The molecule has 0 aliphatic heterocycles. The van der Waals surface area contributed by atoms with Crippen molar-refractivity contribution in [2.75, 3.05) is 44.8 Å². The molecule has 0 unspecified atom stereocenters. The lowest BCUT2D eigenvalue weighted by atomic mass is 10.3. The molecule has 7 heteroatoms. The molecule has 0 aliphatic rings. The van der Waals surface area contributed by atoms with Gasteiger partial charge < -0.3 is 15.4 Å². The van der Waals surface area contributed by atoms with Crippen LogP contribution in [0.2, 0.25) is 0 Å². The maximum absolute atomic E-state index is 11.8. The molecule has 6 nitrogen and oxygen atoms in total. The summed E-state index contributed by atoms with van der Waals surface area (Å²) in [4.78, 5) is 2.33. The Balaban J connectivity index is 2.87. The number of hydrogen-bond donors (Lipinski definition) is 2. The summed E-state index contributed by atoms with van der Waals surface area (Å²) in [5.74, 6) is 0. The predicted octanol–water partition coefficient (Wildman–Crippen LogP) is 0.396. The van der Waals surface area contributed by atoms with Gasteiger partial charge >= 0.3 is 0 Å². The molecule has 0 heterocycles. The Bertz CT molecular complexity index is 488. The van der Waals surface area contributed by atoms with Gasteiger partial charge in [0.25, 0.3) is 0 Å². The Morgan fingerprint density at radius 1 is 1.25 bits per heavy atom. The summed E-state index contributed by atoms with van der Waals surface area (Å²) in [5.41, 5.74) is 6.52. The van der Waals surface area contributed by atoms with E-state index in [1.807, 2.05) is 0 Å². The van der Waals surface area contributed by atoms with Gasteiger partial charge in [-0.2, -0.15) is 0 Å². The molecule has 114 valence electrons. The van der Waals surface area contributed by atoms with E-state index in [1.54, 1.807) is 38.3 Å². The highest BCUT2D eigenvalue weighted by molar-refractivity contribution is 7.89. The molecule has 0 aliphatic carbocycles. The van der Waals surface area contributed by atoms with Gasteiger partial charge in [0.2, 0.25) is 10.0 Å². The van der Waals surface area contributed by atoms with E-state index in [1.165, 1.54) is 0 Å². The van der Waals surface area contributed by atoms with E-state index < -0.39 is 10.0 Å². The average molecular weight is 301 g/mol. The summed E-state index contributed by atoms with van der Waals surface area (Å²) >= 11 is 0. The van der Waals surface area contributed by atoms with Crippen LogP contribution >= 0.6 is 0 Å². The highest BCUT2D eigenvalue weighted by Crippen LogP contribution is 2.17. The van der Waals surface area contributed by atoms with Crippen molar-refractivity contribution in [2.24, 2.45) is 5.73 Å². The monoisotopic (exact) mass is 301 g/mol. The maximum Gasteiger partial charge on any atom is 0.240 e. The number of sulfonamides is 1. The Kier molecular flexibility index (Phi) is 6.94. The third kappa shape index (κ3) is 4.75. The number of hydrogen-bond acceptors (Lipinski definition) is 5. The summed E-state index contributed by atoms with van der Waals surface area (Å²) in [6.07, 6.45) is 0. The van der Waals surface area contributed by atoms with E-state index >= 15 is 0 Å². The van der Waals surface area contributed by atoms with Crippen molar-refractivity contribution in [3.8, 4) is 0 Å². The SMILES string of the molecule is CCNS(=O)(=O)c1ccc(N(CCN)CCOC)cc1. The number of nitrogens with one attached hydrogen (secondary N) is 1. The summed E-state index contributed by atoms with van der Waals surface area (Å²) in [6, 6.07) is 6.78. The lowest BCUT2D eigenvalue weighted by Crippen LogP contribution is -2.32. The van der Waals surface area contributed by atoms with Gasteiger partial charge in [0.05, 0.1) is 11.5 Å². The molecular weight excluding hydrogens is 278 g/mol. The number of anilines is 1. The van der Waals surface area contributed by atoms with Crippen LogP contribution in [-0.2, 0) is 14.8 Å². The smallest absolute Gasteiger partial charge is 0.240 e. The van der Waals surface area contributed by atoms with Crippen LogP contribution < -0.4 is 15.4 Å². The van der Waals surface area contributed by atoms with Crippen LogP contribution in [0.3, 0.4) is 0 Å². The van der Waals surface area contributed by atoms with Crippen LogP contribution in [0.25, 0.3) is 0 Å². The van der Waals surface area contributed by atoms with E-state index in [0.717, 1.165) is 5.69 Å². The fourth-order valence-corrected chi connectivity index (χ4v) is 2.88. The number of ether oxygens (including phenoxy) is 1. The minimum Gasteiger partial charge on any atom is -0.383 e. The Labute approximate surface area is 121 Å². The number of rotatable bonds is 9. The number of nitrogens with two attached hydrogens (primary N) is 1. The first-order valence-corrected chi connectivity index (χ1v) is 8.07. The molecule has 20 heavy (non-hydrogen) atoms. The molecule has 1 rings (SSSR count). The summed E-state index contributed by atoms with van der Waals surface area (Å²) in [7, 11) is -1.75. The van der Waals surface area contributed by atoms with Gasteiger partial charge in [-0.3, -0.25) is 0 Å². The minimum atomic E-state index is -3.40. The second-order valence-corrected chi connectivity index (χ2v) is 6.03. The molecule has 1 aromatic rings. The quantitative estimate of drug-likeness (QED) is 0.689. The van der Waals surface area contributed by atoms with Crippen LogP contribution in [0, 0.1) is 0 Å². The van der Waals surface area contributed by atoms with Gasteiger partial charge in [0.15, 0.2) is 0 Å². The molecule has 0 fully saturated rings. The van der Waals surface area contributed by atoms with Crippen LogP contribution in [0.15, 0.2) is 29.2 Å². The highest BCUT2D eigenvalue weighted by atomic mass is 32.2. The Morgan fingerprint density at radius 3 is 2.40 bits per heavy atom. The van der Waals surface area contributed by atoms with E-state index in [0.29, 0.717) is 32.8 Å². The minimum absolute atomic E-state index is 0.266. The second kappa shape index (κ2) is 8.21. The molecule has 0 aromatic heterocycles. The van der Waals surface area contributed by atoms with Gasteiger partial charge in [-0.15, -0.1) is 0 Å². The van der Waals surface area contributed by atoms with Crippen molar-refractivity contribution in [3.63, 3.8) is 0 Å². The molecule has 0 atom stereocenters. The lowest BCUT2D eigenvalue weighted by molar-refractivity contribution is 0.205. The molecule has 3 N–H and O–H groups in total. The molecule has 0 saturated heterocycles. The standard InChI is InChI=1S/C13H23N3O3S/c1-3-15-20(17,18)13-6-4-12(5-7-13)16(9-8-14)10-11-19-2/h4-7,15H,3,8-11,14H2,1-2H3. The normalized spacial score (nSPS) is 11.6. The summed E-state index contributed by atoms with van der Waals surface area (Å²) in [6.45, 7) is 4.66. The zero-order chi connectivity index (χ0) is 15.0. The summed E-state index contributed by atoms with van der Waals surface area (Å²) in [5, 5.41) is 0. The molecule has 0 amide bonds. The zero-order valence-electron chi connectivity index (χ0n) is 12.0. The first kappa shape index (κ1) is 16.9. The van der Waals surface area contributed by atoms with Crippen molar-refractivity contribution < 1.29 is 13.2 Å². The predicted molar refractivity (Wildman–Crippen MR) is 80.4 cm³/mol. The fraction of sp³-hybridized carbons (Fsp3) is 0.538. The first-order valence-electron chi connectivity index (χ1n) is 6.58. The Hall–Kier alpha value is -1.15. The van der Waals surface area contributed by atoms with E-state index in [4.69, 9.17) is 10.5 Å². The van der Waals surface area contributed by atoms with Crippen molar-refractivity contribution in [3.05, 3.63) is 24.3 Å². The van der Waals surface area contributed by atoms with Gasteiger partial charge in [-0.25, -0.2) is 13.1 Å². The second-order valence-electron chi connectivity index (χ2n) is 4.26. The first-order chi connectivity index (χ1) is 9.55. The van der Waals surface area contributed by atoms with Crippen molar-refractivity contribution in [2.45, 2.75) is 11.8 Å².